The lowest BCUT2D eigenvalue weighted by molar-refractivity contribution is -0.161. The monoisotopic (exact) mass is 1580 g/mol. The van der Waals surface area contributed by atoms with E-state index in [1.807, 2.05) is 0 Å². The van der Waals surface area contributed by atoms with Crippen molar-refractivity contribution in [3.05, 3.63) is 146 Å². The van der Waals surface area contributed by atoms with Crippen LogP contribution in [-0.4, -0.2) is 96.7 Å². The molecule has 5 atom stereocenters. The molecule has 630 valence electrons. The molecule has 110 heavy (non-hydrogen) atoms. The molecular formula is C91H154O17P2. The van der Waals surface area contributed by atoms with E-state index in [4.69, 9.17) is 37.0 Å². The summed E-state index contributed by atoms with van der Waals surface area (Å²) in [6, 6.07) is 0. The minimum absolute atomic E-state index is 0.0766. The van der Waals surface area contributed by atoms with Crippen LogP contribution < -0.4 is 0 Å². The van der Waals surface area contributed by atoms with Crippen molar-refractivity contribution in [3.63, 3.8) is 0 Å². The van der Waals surface area contributed by atoms with E-state index in [-0.39, 0.29) is 25.7 Å². The number of hydrogen-bond donors (Lipinski definition) is 3. The topological polar surface area (TPSA) is 237 Å². The van der Waals surface area contributed by atoms with E-state index in [9.17, 15) is 43.2 Å². The number of carbonyl (C=O) groups excluding carboxylic acids is 4. The maximum absolute atomic E-state index is 13.1. The van der Waals surface area contributed by atoms with Gasteiger partial charge in [0, 0.05) is 25.7 Å². The number of hydrogen-bond acceptors (Lipinski definition) is 15. The third-order valence-electron chi connectivity index (χ3n) is 17.8. The predicted octanol–water partition coefficient (Wildman–Crippen LogP) is 25.8. The molecule has 0 aliphatic rings. The Hall–Kier alpha value is -5.06. The van der Waals surface area contributed by atoms with Crippen molar-refractivity contribution in [3.8, 4) is 0 Å². The van der Waals surface area contributed by atoms with Gasteiger partial charge in [-0.05, 0) is 161 Å². The Morgan fingerprint density at radius 1 is 0.264 bits per heavy atom. The van der Waals surface area contributed by atoms with Crippen LogP contribution in [0.5, 0.6) is 0 Å². The maximum Gasteiger partial charge on any atom is 0.472 e. The lowest BCUT2D eigenvalue weighted by Crippen LogP contribution is -2.30. The molecule has 0 aliphatic heterocycles. The van der Waals surface area contributed by atoms with Crippen LogP contribution in [0.25, 0.3) is 0 Å². The van der Waals surface area contributed by atoms with E-state index >= 15 is 0 Å². The molecule has 0 aromatic carbocycles. The molecule has 3 N–H and O–H groups in total. The van der Waals surface area contributed by atoms with Crippen LogP contribution in [0.3, 0.4) is 0 Å². The van der Waals surface area contributed by atoms with Crippen molar-refractivity contribution in [2.45, 2.75) is 367 Å². The van der Waals surface area contributed by atoms with E-state index in [1.54, 1.807) is 0 Å². The Morgan fingerprint density at radius 2 is 0.473 bits per heavy atom. The van der Waals surface area contributed by atoms with Crippen LogP contribution in [0.4, 0.5) is 0 Å². The molecule has 0 bridgehead atoms. The van der Waals surface area contributed by atoms with Gasteiger partial charge in [-0.2, -0.15) is 0 Å². The van der Waals surface area contributed by atoms with E-state index in [2.05, 4.69) is 174 Å². The molecule has 0 heterocycles. The van der Waals surface area contributed by atoms with Crippen LogP contribution >= 0.6 is 15.6 Å². The van der Waals surface area contributed by atoms with Gasteiger partial charge in [0.2, 0.25) is 0 Å². The van der Waals surface area contributed by atoms with Crippen molar-refractivity contribution in [2.75, 3.05) is 39.6 Å². The summed E-state index contributed by atoms with van der Waals surface area (Å²) in [6.45, 7) is 4.53. The first-order chi connectivity index (χ1) is 53.7. The van der Waals surface area contributed by atoms with Gasteiger partial charge in [0.05, 0.1) is 26.4 Å². The van der Waals surface area contributed by atoms with Gasteiger partial charge in [-0.15, -0.1) is 0 Å². The highest BCUT2D eigenvalue weighted by atomic mass is 31.2. The molecule has 0 saturated heterocycles. The zero-order chi connectivity index (χ0) is 80.3. The van der Waals surface area contributed by atoms with E-state index < -0.39 is 97.5 Å². The first kappa shape index (κ1) is 105. The second-order valence-corrected chi connectivity index (χ2v) is 31.2. The highest BCUT2D eigenvalue weighted by molar-refractivity contribution is 7.47. The Kier molecular flexibility index (Phi) is 78.2. The van der Waals surface area contributed by atoms with Crippen LogP contribution in [0.15, 0.2) is 146 Å². The standard InChI is InChI=1S/C91H154O17P2/c1-5-9-13-17-21-25-29-33-37-40-42-45-48-51-55-59-63-67-71-75-88(93)101-81-86(107-90(95)77-73-69-65-61-57-53-47-36-32-28-24-20-16-12-8-4)83-105-109(97,98)103-79-85(92)80-104-110(99,100)106-84-87(108-91(96)78-74-70-66-62-58-54-50-44-39-35-31-27-23-19-15-11-7-3)82-102-89(94)76-72-68-64-60-56-52-49-46-43-41-38-34-30-26-22-18-14-10-6-2/h9-11,13-15,21-23,25-27,33-39,42-43,45-47,85-87,92H,5-8,12,16-20,24,28-32,40-41,44,48-84H2,1-4H3,(H,97,98)(H,99,100)/b13-9-,14-10-,15-11-,25-21-,26-22-,27-23-,37-33-,38-34-,39-35-,45-42-,46-43-,47-36-. The van der Waals surface area contributed by atoms with Gasteiger partial charge >= 0.3 is 39.5 Å². The first-order valence-electron chi connectivity index (χ1n) is 43.1. The number of aliphatic hydroxyl groups excluding tert-OH is 1. The van der Waals surface area contributed by atoms with Crippen LogP contribution in [0.1, 0.15) is 349 Å². The summed E-state index contributed by atoms with van der Waals surface area (Å²) < 4.78 is 68.8. The largest absolute Gasteiger partial charge is 0.472 e. The summed E-state index contributed by atoms with van der Waals surface area (Å²) in [5.41, 5.74) is 0. The summed E-state index contributed by atoms with van der Waals surface area (Å²) in [4.78, 5) is 73.3. The summed E-state index contributed by atoms with van der Waals surface area (Å²) >= 11 is 0. The molecular weight excluding hydrogens is 1430 g/mol. The number of unbranched alkanes of at least 4 members (excludes halogenated alkanes) is 30. The number of phosphoric ester groups is 2. The molecule has 0 radical (unpaired) electrons. The third-order valence-corrected chi connectivity index (χ3v) is 19.7. The fourth-order valence-corrected chi connectivity index (χ4v) is 12.9. The number of rotatable bonds is 80. The van der Waals surface area contributed by atoms with Crippen molar-refractivity contribution < 1.29 is 80.2 Å². The Morgan fingerprint density at radius 3 is 0.736 bits per heavy atom. The van der Waals surface area contributed by atoms with Gasteiger partial charge in [0.1, 0.15) is 19.3 Å². The summed E-state index contributed by atoms with van der Waals surface area (Å²) in [6.07, 6.45) is 95.1. The number of aliphatic hydroxyl groups is 1. The molecule has 0 aromatic heterocycles. The Bertz CT molecular complexity index is 2650. The van der Waals surface area contributed by atoms with Crippen LogP contribution in [-0.2, 0) is 65.4 Å². The Labute approximate surface area is 668 Å². The van der Waals surface area contributed by atoms with Crippen molar-refractivity contribution in [2.24, 2.45) is 0 Å². The molecule has 17 nitrogen and oxygen atoms in total. The summed E-state index contributed by atoms with van der Waals surface area (Å²) in [5, 5.41) is 10.7. The lowest BCUT2D eigenvalue weighted by Gasteiger charge is -2.21. The fourth-order valence-electron chi connectivity index (χ4n) is 11.3. The molecule has 19 heteroatoms. The maximum atomic E-state index is 13.1. The fraction of sp³-hybridized carbons (Fsp3) is 0.692. The van der Waals surface area contributed by atoms with Gasteiger partial charge in [-0.3, -0.25) is 37.3 Å². The number of ether oxygens (including phenoxy) is 4. The minimum atomic E-state index is -4.99. The minimum Gasteiger partial charge on any atom is -0.462 e. The van der Waals surface area contributed by atoms with Crippen molar-refractivity contribution >= 4 is 39.5 Å². The molecule has 0 fully saturated rings. The normalized spacial score (nSPS) is 14.5. The highest BCUT2D eigenvalue weighted by Gasteiger charge is 2.30. The molecule has 0 rings (SSSR count). The number of phosphoric acid groups is 2. The number of esters is 4. The molecule has 0 spiro atoms. The average molecular weight is 1580 g/mol. The second kappa shape index (κ2) is 81.9. The third kappa shape index (κ3) is 81.0. The van der Waals surface area contributed by atoms with Crippen LogP contribution in [0.2, 0.25) is 0 Å². The van der Waals surface area contributed by atoms with Crippen molar-refractivity contribution in [1.29, 1.82) is 0 Å². The SMILES string of the molecule is CC/C=C\C/C=C\C/C=C\C/C=C\CCCCCCCCC(=O)OCC(COP(=O)(O)OCC(O)COP(=O)(O)OCC(COC(=O)CCCCCCCC/C=C\C/C=C\C/C=C\C/C=C\CC)OC(=O)CCCCCCCCC/C=C\C/C=C\C/C=C\CC)OC(=O)CCCCCCC/C=C\CCCCCCCC. The molecule has 0 aliphatic carbocycles. The van der Waals surface area contributed by atoms with Gasteiger partial charge in [0.15, 0.2) is 12.2 Å². The van der Waals surface area contributed by atoms with Gasteiger partial charge in [-0.25, -0.2) is 9.13 Å². The molecule has 0 amide bonds. The van der Waals surface area contributed by atoms with E-state index in [0.29, 0.717) is 25.7 Å². The second-order valence-electron chi connectivity index (χ2n) is 28.3. The van der Waals surface area contributed by atoms with Gasteiger partial charge in [-0.1, -0.05) is 308 Å². The predicted molar refractivity (Wildman–Crippen MR) is 454 cm³/mol. The van der Waals surface area contributed by atoms with Crippen LogP contribution in [0, 0.1) is 0 Å². The highest BCUT2D eigenvalue weighted by Crippen LogP contribution is 2.45. The Balaban J connectivity index is 5.41. The zero-order valence-electron chi connectivity index (χ0n) is 69.1. The van der Waals surface area contributed by atoms with Gasteiger partial charge < -0.3 is 33.8 Å². The summed E-state index contributed by atoms with van der Waals surface area (Å²) in [7, 11) is -9.99. The molecule has 0 saturated carbocycles. The number of carbonyl (C=O) groups is 4. The molecule has 0 aromatic rings. The quantitative estimate of drug-likeness (QED) is 0.0169. The smallest absolute Gasteiger partial charge is 0.462 e. The average Bonchev–Trinajstić information content (AvgIpc) is 0.899. The number of allylic oxidation sites excluding steroid dienone is 24. The first-order valence-corrected chi connectivity index (χ1v) is 46.1. The summed E-state index contributed by atoms with van der Waals surface area (Å²) in [5.74, 6) is -2.22. The lowest BCUT2D eigenvalue weighted by atomic mass is 10.1. The zero-order valence-corrected chi connectivity index (χ0v) is 70.9. The van der Waals surface area contributed by atoms with E-state index in [1.165, 1.54) is 38.5 Å². The van der Waals surface area contributed by atoms with E-state index in [0.717, 1.165) is 231 Å². The molecule has 5 unspecified atom stereocenters. The van der Waals surface area contributed by atoms with Gasteiger partial charge in [0.25, 0.3) is 0 Å². The van der Waals surface area contributed by atoms with Crippen molar-refractivity contribution in [1.82, 2.24) is 0 Å².